The van der Waals surface area contributed by atoms with Gasteiger partial charge in [-0.15, -0.1) is 0 Å². The summed E-state index contributed by atoms with van der Waals surface area (Å²) in [4.78, 5) is 12.0. The first-order chi connectivity index (χ1) is 10.6. The smallest absolute Gasteiger partial charge is 0.248 e. The zero-order valence-corrected chi connectivity index (χ0v) is 13.2. The number of carbonyl (C=O) groups excluding carboxylic acids is 1. The first-order valence-electron chi connectivity index (χ1n) is 7.37. The molecule has 0 bridgehead atoms. The molecular weight excluding hydrogens is 274 g/mol. The summed E-state index contributed by atoms with van der Waals surface area (Å²) in [5.41, 5.74) is 3.98. The largest absolute Gasteiger partial charge is 0.494 e. The number of anilines is 1. The molecule has 0 aliphatic carbocycles. The normalized spacial score (nSPS) is 10.7. The van der Waals surface area contributed by atoms with Crippen molar-refractivity contribution in [3.63, 3.8) is 0 Å². The van der Waals surface area contributed by atoms with E-state index in [1.165, 1.54) is 6.08 Å². The Morgan fingerprint density at radius 2 is 1.86 bits per heavy atom. The summed E-state index contributed by atoms with van der Waals surface area (Å²) >= 11 is 0. The van der Waals surface area contributed by atoms with E-state index in [2.05, 4.69) is 5.32 Å². The van der Waals surface area contributed by atoms with Gasteiger partial charge in [0.15, 0.2) is 0 Å². The molecule has 22 heavy (non-hydrogen) atoms. The van der Waals surface area contributed by atoms with E-state index in [4.69, 9.17) is 4.74 Å². The Morgan fingerprint density at radius 3 is 2.55 bits per heavy atom. The highest BCUT2D eigenvalue weighted by atomic mass is 16.5. The average molecular weight is 295 g/mol. The van der Waals surface area contributed by atoms with E-state index in [0.717, 1.165) is 28.1 Å². The van der Waals surface area contributed by atoms with Crippen molar-refractivity contribution < 1.29 is 9.53 Å². The van der Waals surface area contributed by atoms with E-state index in [-0.39, 0.29) is 5.91 Å². The van der Waals surface area contributed by atoms with Crippen LogP contribution in [0.4, 0.5) is 5.69 Å². The number of ether oxygens (including phenoxy) is 1. The molecule has 0 aliphatic heterocycles. The third-order valence-corrected chi connectivity index (χ3v) is 3.27. The lowest BCUT2D eigenvalue weighted by atomic mass is 10.1. The van der Waals surface area contributed by atoms with E-state index in [1.807, 2.05) is 63.2 Å². The van der Waals surface area contributed by atoms with E-state index in [9.17, 15) is 4.79 Å². The van der Waals surface area contributed by atoms with Crippen molar-refractivity contribution in [1.29, 1.82) is 0 Å². The van der Waals surface area contributed by atoms with Crippen LogP contribution in [0.25, 0.3) is 6.08 Å². The van der Waals surface area contributed by atoms with Crippen LogP contribution in [0.1, 0.15) is 23.6 Å². The maximum atomic E-state index is 12.0. The van der Waals surface area contributed by atoms with E-state index < -0.39 is 0 Å². The Morgan fingerprint density at radius 1 is 1.14 bits per heavy atom. The quantitative estimate of drug-likeness (QED) is 0.833. The van der Waals surface area contributed by atoms with Gasteiger partial charge in [0.05, 0.1) is 6.61 Å². The number of nitrogens with one attached hydrogen (secondary N) is 1. The number of amides is 1. The minimum Gasteiger partial charge on any atom is -0.494 e. The van der Waals surface area contributed by atoms with Gasteiger partial charge in [0.25, 0.3) is 0 Å². The van der Waals surface area contributed by atoms with Crippen molar-refractivity contribution in [1.82, 2.24) is 0 Å². The van der Waals surface area contributed by atoms with Gasteiger partial charge in [0, 0.05) is 11.8 Å². The Balaban J connectivity index is 2.00. The molecule has 0 aromatic heterocycles. The summed E-state index contributed by atoms with van der Waals surface area (Å²) < 4.78 is 5.39. The molecule has 3 heteroatoms. The molecule has 1 amide bonds. The van der Waals surface area contributed by atoms with Crippen LogP contribution in [0, 0.1) is 13.8 Å². The molecule has 2 aromatic carbocycles. The second-order valence-corrected chi connectivity index (χ2v) is 5.14. The number of benzene rings is 2. The van der Waals surface area contributed by atoms with Gasteiger partial charge in [0.2, 0.25) is 5.91 Å². The fourth-order valence-corrected chi connectivity index (χ4v) is 2.06. The predicted octanol–water partition coefficient (Wildman–Crippen LogP) is 4.35. The average Bonchev–Trinajstić information content (AvgIpc) is 2.51. The summed E-state index contributed by atoms with van der Waals surface area (Å²) in [6, 6.07) is 13.6. The number of rotatable bonds is 5. The molecule has 0 spiro atoms. The fourth-order valence-electron chi connectivity index (χ4n) is 2.06. The van der Waals surface area contributed by atoms with Crippen LogP contribution in [0.5, 0.6) is 5.75 Å². The van der Waals surface area contributed by atoms with Gasteiger partial charge in [-0.2, -0.15) is 0 Å². The van der Waals surface area contributed by atoms with Crippen LogP contribution >= 0.6 is 0 Å². The third-order valence-electron chi connectivity index (χ3n) is 3.27. The third kappa shape index (κ3) is 4.48. The topological polar surface area (TPSA) is 38.3 Å². The van der Waals surface area contributed by atoms with Crippen molar-refractivity contribution >= 4 is 17.7 Å². The lowest BCUT2D eigenvalue weighted by Gasteiger charge is -2.07. The highest BCUT2D eigenvalue weighted by Gasteiger charge is 2.02. The minimum absolute atomic E-state index is 0.136. The highest BCUT2D eigenvalue weighted by Crippen LogP contribution is 2.17. The van der Waals surface area contributed by atoms with Crippen molar-refractivity contribution in [2.24, 2.45) is 0 Å². The van der Waals surface area contributed by atoms with Gasteiger partial charge < -0.3 is 10.1 Å². The second-order valence-electron chi connectivity index (χ2n) is 5.14. The molecule has 0 saturated heterocycles. The zero-order valence-electron chi connectivity index (χ0n) is 13.2. The SMILES string of the molecule is CCOc1ccc(/C=C/C(=O)Nc2cc(C)ccc2C)cc1. The number of hydrogen-bond acceptors (Lipinski definition) is 2. The van der Waals surface area contributed by atoms with Gasteiger partial charge in [-0.1, -0.05) is 24.3 Å². The number of aryl methyl sites for hydroxylation is 2. The summed E-state index contributed by atoms with van der Waals surface area (Å²) in [6.07, 6.45) is 3.33. The van der Waals surface area contributed by atoms with Crippen LogP contribution in [0.3, 0.4) is 0 Å². The van der Waals surface area contributed by atoms with Crippen LogP contribution < -0.4 is 10.1 Å². The van der Waals surface area contributed by atoms with Gasteiger partial charge in [-0.25, -0.2) is 0 Å². The van der Waals surface area contributed by atoms with E-state index in [0.29, 0.717) is 6.61 Å². The zero-order chi connectivity index (χ0) is 15.9. The monoisotopic (exact) mass is 295 g/mol. The summed E-state index contributed by atoms with van der Waals surface area (Å²) in [7, 11) is 0. The lowest BCUT2D eigenvalue weighted by molar-refractivity contribution is -0.111. The van der Waals surface area contributed by atoms with Gasteiger partial charge in [-0.05, 0) is 61.7 Å². The first-order valence-corrected chi connectivity index (χ1v) is 7.37. The summed E-state index contributed by atoms with van der Waals surface area (Å²) in [5, 5.41) is 2.90. The standard InChI is InChI=1S/C19H21NO2/c1-4-22-17-10-7-16(8-11-17)9-12-19(21)20-18-13-14(2)5-6-15(18)3/h5-13H,4H2,1-3H3,(H,20,21)/b12-9+. The van der Waals surface area contributed by atoms with Crippen molar-refractivity contribution in [2.75, 3.05) is 11.9 Å². The van der Waals surface area contributed by atoms with Crippen molar-refractivity contribution in [3.8, 4) is 5.75 Å². The molecule has 2 rings (SSSR count). The minimum atomic E-state index is -0.136. The molecule has 1 N–H and O–H groups in total. The van der Waals surface area contributed by atoms with Gasteiger partial charge in [-0.3, -0.25) is 4.79 Å². The molecule has 0 atom stereocenters. The number of hydrogen-bond donors (Lipinski definition) is 1. The van der Waals surface area contributed by atoms with Crippen LogP contribution in [-0.2, 0) is 4.79 Å². The first kappa shape index (κ1) is 15.8. The second kappa shape index (κ2) is 7.46. The predicted molar refractivity (Wildman–Crippen MR) is 91.2 cm³/mol. The molecule has 0 unspecified atom stereocenters. The van der Waals surface area contributed by atoms with Crippen molar-refractivity contribution in [2.45, 2.75) is 20.8 Å². The van der Waals surface area contributed by atoms with Crippen molar-refractivity contribution in [3.05, 3.63) is 65.2 Å². The molecule has 0 aliphatic rings. The molecule has 2 aromatic rings. The fraction of sp³-hybridized carbons (Fsp3) is 0.211. The van der Waals surface area contributed by atoms with E-state index >= 15 is 0 Å². The highest BCUT2D eigenvalue weighted by molar-refractivity contribution is 6.02. The molecule has 0 heterocycles. The molecule has 0 radical (unpaired) electrons. The summed E-state index contributed by atoms with van der Waals surface area (Å²) in [6.45, 7) is 6.58. The Kier molecular flexibility index (Phi) is 5.37. The van der Waals surface area contributed by atoms with E-state index in [1.54, 1.807) is 6.08 Å². The Hall–Kier alpha value is -2.55. The summed E-state index contributed by atoms with van der Waals surface area (Å²) in [5.74, 6) is 0.696. The van der Waals surface area contributed by atoms with Crippen LogP contribution in [0.15, 0.2) is 48.5 Å². The van der Waals surface area contributed by atoms with Gasteiger partial charge >= 0.3 is 0 Å². The Bertz CT molecular complexity index is 672. The molecule has 0 fully saturated rings. The lowest BCUT2D eigenvalue weighted by Crippen LogP contribution is -2.09. The van der Waals surface area contributed by atoms with Crippen LogP contribution in [0.2, 0.25) is 0 Å². The molecule has 0 saturated carbocycles. The maximum absolute atomic E-state index is 12.0. The number of carbonyl (C=O) groups is 1. The van der Waals surface area contributed by atoms with Crippen LogP contribution in [-0.4, -0.2) is 12.5 Å². The van der Waals surface area contributed by atoms with Gasteiger partial charge in [0.1, 0.15) is 5.75 Å². The molecular formula is C19H21NO2. The molecule has 3 nitrogen and oxygen atoms in total. The molecule has 114 valence electrons. The maximum Gasteiger partial charge on any atom is 0.248 e. The Labute approximate surface area is 131 Å².